The van der Waals surface area contributed by atoms with Gasteiger partial charge in [-0.05, 0) is 53.3 Å². The number of anilines is 1. The van der Waals surface area contributed by atoms with Crippen molar-refractivity contribution in [3.63, 3.8) is 0 Å². The molecule has 3 N–H and O–H groups in total. The summed E-state index contributed by atoms with van der Waals surface area (Å²) in [4.78, 5) is 12.4. The van der Waals surface area contributed by atoms with Crippen LogP contribution in [0.5, 0.6) is 5.75 Å². The summed E-state index contributed by atoms with van der Waals surface area (Å²) in [5.74, 6) is -0.306. The highest BCUT2D eigenvalue weighted by molar-refractivity contribution is 7.81. The lowest BCUT2D eigenvalue weighted by Crippen LogP contribution is -2.26. The summed E-state index contributed by atoms with van der Waals surface area (Å²) in [5.41, 5.74) is 12.1. The van der Waals surface area contributed by atoms with Gasteiger partial charge in [0.15, 0.2) is 5.75 Å². The summed E-state index contributed by atoms with van der Waals surface area (Å²) in [6.07, 6.45) is -0.643. The number of hydrogen-bond donors (Lipinski definition) is 2. The summed E-state index contributed by atoms with van der Waals surface area (Å²) >= 11 is 0. The molecule has 0 unspecified atom stereocenters. The third kappa shape index (κ3) is 4.63. The number of hydrogen-bond acceptors (Lipinski definition) is 6. The van der Waals surface area contributed by atoms with Gasteiger partial charge in [0.05, 0.1) is 0 Å². The van der Waals surface area contributed by atoms with E-state index in [1.165, 1.54) is 13.0 Å². The van der Waals surface area contributed by atoms with E-state index in [1.807, 2.05) is 36.4 Å². The van der Waals surface area contributed by atoms with Gasteiger partial charge in [-0.15, -0.1) is 0 Å². The molecule has 0 bridgehead atoms. The van der Waals surface area contributed by atoms with E-state index in [4.69, 9.17) is 10.5 Å². The molecule has 0 atom stereocenters. The van der Waals surface area contributed by atoms with E-state index in [9.17, 15) is 17.1 Å². The summed E-state index contributed by atoms with van der Waals surface area (Å²) < 4.78 is 44.7. The van der Waals surface area contributed by atoms with Crippen LogP contribution in [0, 0.1) is 13.8 Å². The maximum atomic E-state index is 13.0. The average Bonchev–Trinajstić information content (AvgIpc) is 3.10. The third-order valence-electron chi connectivity index (χ3n) is 5.92. The van der Waals surface area contributed by atoms with Crippen molar-refractivity contribution >= 4 is 22.3 Å². The summed E-state index contributed by atoms with van der Waals surface area (Å²) in [7, 11) is -5.21. The number of nitrogens with one attached hydrogen (secondary N) is 1. The van der Waals surface area contributed by atoms with Crippen molar-refractivity contribution < 1.29 is 26.0 Å². The molecule has 0 saturated heterocycles. The van der Waals surface area contributed by atoms with Crippen LogP contribution in [0.2, 0.25) is 0 Å². The first-order valence-corrected chi connectivity index (χ1v) is 11.6. The van der Waals surface area contributed by atoms with Gasteiger partial charge < -0.3 is 20.0 Å². The van der Waals surface area contributed by atoms with E-state index in [-0.39, 0.29) is 30.5 Å². The Morgan fingerprint density at radius 1 is 1.03 bits per heavy atom. The fourth-order valence-electron chi connectivity index (χ4n) is 4.16. The molecular weight excluding hydrogens is 447 g/mol. The molecule has 1 aliphatic rings. The number of benzene rings is 3. The van der Waals surface area contributed by atoms with Crippen molar-refractivity contribution in [2.24, 2.45) is 0 Å². The van der Waals surface area contributed by atoms with Gasteiger partial charge in [0.2, 0.25) is 0 Å². The van der Waals surface area contributed by atoms with E-state index >= 15 is 0 Å². The van der Waals surface area contributed by atoms with Crippen LogP contribution in [0.3, 0.4) is 0 Å². The molecule has 33 heavy (non-hydrogen) atoms. The number of nitrogens with two attached hydrogens (primary N) is 1. The molecule has 172 valence electrons. The summed E-state index contributed by atoms with van der Waals surface area (Å²) in [5, 5.41) is 2.63. The van der Waals surface area contributed by atoms with E-state index in [0.29, 0.717) is 16.7 Å². The smallest absolute Gasteiger partial charge is 0.449 e. The Morgan fingerprint density at radius 2 is 1.61 bits per heavy atom. The van der Waals surface area contributed by atoms with Gasteiger partial charge in [0, 0.05) is 23.7 Å². The topological polar surface area (TPSA) is 108 Å². The van der Waals surface area contributed by atoms with E-state index in [0.717, 1.165) is 22.3 Å². The fraction of sp³-hybridized carbons (Fsp3) is 0.208. The van der Waals surface area contributed by atoms with Gasteiger partial charge in [0.1, 0.15) is 6.61 Å². The first kappa shape index (κ1) is 22.6. The Labute approximate surface area is 191 Å². The molecule has 0 saturated carbocycles. The number of ether oxygens (including phenoxy) is 1. The first-order chi connectivity index (χ1) is 15.7. The highest BCUT2D eigenvalue weighted by Crippen LogP contribution is 2.44. The zero-order valence-electron chi connectivity index (χ0n) is 18.1. The normalized spacial score (nSPS) is 12.7. The van der Waals surface area contributed by atoms with Gasteiger partial charge in [0.25, 0.3) is 0 Å². The zero-order valence-corrected chi connectivity index (χ0v) is 18.9. The fourth-order valence-corrected chi connectivity index (χ4v) is 4.54. The highest BCUT2D eigenvalue weighted by Gasteiger charge is 2.29. The van der Waals surface area contributed by atoms with Crippen LogP contribution < -0.4 is 15.2 Å². The largest absolute Gasteiger partial charge is 0.488 e. The van der Waals surface area contributed by atoms with E-state index in [1.54, 1.807) is 6.92 Å². The number of carbonyl (C=O) groups excluding carboxylic acids is 1. The minimum Gasteiger partial charge on any atom is -0.449 e. The molecule has 0 spiro atoms. The number of carbonyl (C=O) groups is 1. The van der Waals surface area contributed by atoms with Gasteiger partial charge in [-0.1, -0.05) is 52.4 Å². The lowest BCUT2D eigenvalue weighted by atomic mass is 9.98. The number of amides is 1. The molecule has 0 fully saturated rings. The van der Waals surface area contributed by atoms with Gasteiger partial charge >= 0.3 is 16.6 Å². The highest BCUT2D eigenvalue weighted by atomic mass is 32.3. The Morgan fingerprint density at radius 3 is 2.18 bits per heavy atom. The van der Waals surface area contributed by atoms with Crippen LogP contribution in [0.15, 0.2) is 54.6 Å². The number of nitrogen functional groups attached to an aromatic ring is 1. The minimum absolute atomic E-state index is 0.00429. The maximum Gasteiger partial charge on any atom is 0.488 e. The van der Waals surface area contributed by atoms with Crippen molar-refractivity contribution in [1.82, 2.24) is 5.32 Å². The number of fused-ring (bicyclic) bond motifs is 3. The molecule has 7 nitrogen and oxygen atoms in total. The number of rotatable bonds is 6. The van der Waals surface area contributed by atoms with Gasteiger partial charge in [-0.2, -0.15) is 8.42 Å². The Balaban J connectivity index is 1.45. The minimum atomic E-state index is -5.21. The standard InChI is InChI=1S/C24H23FN2O5S/c1-14-16(11-22(15(2)23(14)26)32-33(25,29)30)12-27-24(28)31-13-21-19-9-5-3-7-17(19)18-8-4-6-10-20(18)21/h3-11,21H,12-13,26H2,1-2H3,(H,27,28). The van der Waals surface area contributed by atoms with Crippen LogP contribution in [0.1, 0.15) is 33.7 Å². The Hall–Kier alpha value is -3.59. The molecule has 0 heterocycles. The molecule has 9 heteroatoms. The van der Waals surface area contributed by atoms with Crippen LogP contribution in [-0.2, 0) is 21.8 Å². The molecule has 0 radical (unpaired) electrons. The molecule has 3 aromatic carbocycles. The first-order valence-electron chi connectivity index (χ1n) is 10.3. The predicted octanol–water partition coefficient (Wildman–Crippen LogP) is 4.52. The third-order valence-corrected chi connectivity index (χ3v) is 6.30. The molecule has 4 rings (SSSR count). The molecule has 3 aromatic rings. The predicted molar refractivity (Wildman–Crippen MR) is 123 cm³/mol. The second kappa shape index (κ2) is 8.74. The summed E-state index contributed by atoms with van der Waals surface area (Å²) in [6.45, 7) is 3.38. The van der Waals surface area contributed by atoms with Gasteiger partial charge in [-0.25, -0.2) is 4.79 Å². The van der Waals surface area contributed by atoms with Crippen LogP contribution in [0.4, 0.5) is 14.4 Å². The Bertz CT molecular complexity index is 1300. The second-order valence-electron chi connectivity index (χ2n) is 7.85. The average molecular weight is 471 g/mol. The molecule has 0 aliphatic heterocycles. The monoisotopic (exact) mass is 470 g/mol. The number of alkyl carbamates (subject to hydrolysis) is 1. The van der Waals surface area contributed by atoms with Crippen molar-refractivity contribution in [1.29, 1.82) is 0 Å². The van der Waals surface area contributed by atoms with Crippen molar-refractivity contribution in [2.45, 2.75) is 26.3 Å². The van der Waals surface area contributed by atoms with Crippen LogP contribution in [-0.4, -0.2) is 21.1 Å². The maximum absolute atomic E-state index is 13.0. The van der Waals surface area contributed by atoms with Crippen LogP contribution in [0.25, 0.3) is 11.1 Å². The molecule has 0 aromatic heterocycles. The lowest BCUT2D eigenvalue weighted by Gasteiger charge is -2.17. The number of halogens is 1. The molecule has 1 amide bonds. The van der Waals surface area contributed by atoms with Crippen molar-refractivity contribution in [3.05, 3.63) is 82.4 Å². The van der Waals surface area contributed by atoms with E-state index in [2.05, 4.69) is 21.6 Å². The van der Waals surface area contributed by atoms with E-state index < -0.39 is 16.6 Å². The molecular formula is C24H23FN2O5S. The van der Waals surface area contributed by atoms with Gasteiger partial charge in [-0.3, -0.25) is 0 Å². The summed E-state index contributed by atoms with van der Waals surface area (Å²) in [6, 6.07) is 17.4. The SMILES string of the molecule is Cc1c(CNC(=O)OCC2c3ccccc3-c3ccccc32)cc(OS(=O)(=O)F)c(C)c1N. The lowest BCUT2D eigenvalue weighted by molar-refractivity contribution is 0.142. The zero-order chi connectivity index (χ0) is 23.8. The second-order valence-corrected chi connectivity index (χ2v) is 8.81. The quantitative estimate of drug-likeness (QED) is 0.405. The van der Waals surface area contributed by atoms with Crippen molar-refractivity contribution in [2.75, 3.05) is 12.3 Å². The van der Waals surface area contributed by atoms with Crippen LogP contribution >= 0.6 is 0 Å². The van der Waals surface area contributed by atoms with Crippen molar-refractivity contribution in [3.8, 4) is 16.9 Å². The Kier molecular flexibility index (Phi) is 5.99. The molecule has 1 aliphatic carbocycles.